The fourth-order valence-electron chi connectivity index (χ4n) is 1.96. The van der Waals surface area contributed by atoms with Crippen LogP contribution in [0.2, 0.25) is 0 Å². The van der Waals surface area contributed by atoms with E-state index in [1.165, 1.54) is 31.2 Å². The lowest BCUT2D eigenvalue weighted by Gasteiger charge is -2.08. The maximum Gasteiger partial charge on any atom is 0.241 e. The van der Waals surface area contributed by atoms with Crippen LogP contribution in [0.3, 0.4) is 0 Å². The lowest BCUT2D eigenvalue weighted by atomic mass is 10.3. The minimum Gasteiger partial charge on any atom is -0.326 e. The summed E-state index contributed by atoms with van der Waals surface area (Å²) in [4.78, 5) is 26.8. The van der Waals surface area contributed by atoms with Crippen LogP contribution in [0.5, 0.6) is 0 Å². The van der Waals surface area contributed by atoms with E-state index in [0.717, 1.165) is 5.56 Å². The highest BCUT2D eigenvalue weighted by Crippen LogP contribution is 2.14. The number of carbonyl (C=O) groups is 2. The summed E-state index contributed by atoms with van der Waals surface area (Å²) in [6.07, 6.45) is 1.55. The number of aryl methyl sites for hydroxylation is 1. The zero-order valence-electron chi connectivity index (χ0n) is 13.7. The van der Waals surface area contributed by atoms with E-state index in [9.17, 15) is 18.0 Å². The van der Waals surface area contributed by atoms with E-state index in [2.05, 4.69) is 20.3 Å². The summed E-state index contributed by atoms with van der Waals surface area (Å²) >= 11 is 0. The second-order valence-electron chi connectivity index (χ2n) is 5.30. The number of aromatic nitrogens is 1. The van der Waals surface area contributed by atoms with Crippen LogP contribution in [0, 0.1) is 6.92 Å². The molecule has 0 aliphatic carbocycles. The van der Waals surface area contributed by atoms with Gasteiger partial charge in [-0.25, -0.2) is 18.1 Å². The maximum absolute atomic E-state index is 12.2. The van der Waals surface area contributed by atoms with E-state index in [-0.39, 0.29) is 10.8 Å². The van der Waals surface area contributed by atoms with Crippen molar-refractivity contribution < 1.29 is 18.0 Å². The number of pyridine rings is 1. The molecule has 1 heterocycles. The van der Waals surface area contributed by atoms with Gasteiger partial charge in [0.1, 0.15) is 5.82 Å². The molecular weight excluding hydrogens is 344 g/mol. The number of hydrogen-bond acceptors (Lipinski definition) is 5. The number of nitrogens with zero attached hydrogens (tertiary/aromatic N) is 1. The summed E-state index contributed by atoms with van der Waals surface area (Å²) < 4.78 is 26.6. The molecule has 0 fully saturated rings. The van der Waals surface area contributed by atoms with Crippen molar-refractivity contribution in [3.05, 3.63) is 48.2 Å². The van der Waals surface area contributed by atoms with E-state index in [0.29, 0.717) is 11.5 Å². The van der Waals surface area contributed by atoms with Crippen molar-refractivity contribution in [2.75, 3.05) is 17.2 Å². The molecule has 0 radical (unpaired) electrons. The van der Waals surface area contributed by atoms with Crippen LogP contribution in [0.25, 0.3) is 0 Å². The zero-order chi connectivity index (χ0) is 18.4. The highest BCUT2D eigenvalue weighted by atomic mass is 32.2. The van der Waals surface area contributed by atoms with Crippen LogP contribution in [0.4, 0.5) is 11.5 Å². The molecule has 0 bridgehead atoms. The quantitative estimate of drug-likeness (QED) is 0.715. The number of amides is 2. The molecule has 1 aromatic heterocycles. The third kappa shape index (κ3) is 5.66. The summed E-state index contributed by atoms with van der Waals surface area (Å²) in [5.41, 5.74) is 1.40. The van der Waals surface area contributed by atoms with Crippen LogP contribution in [0.1, 0.15) is 12.5 Å². The molecule has 2 amide bonds. The zero-order valence-corrected chi connectivity index (χ0v) is 14.6. The Hall–Kier alpha value is -2.78. The lowest BCUT2D eigenvalue weighted by molar-refractivity contribution is -0.115. The predicted molar refractivity (Wildman–Crippen MR) is 93.5 cm³/mol. The van der Waals surface area contributed by atoms with Crippen LogP contribution in [0.15, 0.2) is 47.5 Å². The van der Waals surface area contributed by atoms with Crippen molar-refractivity contribution in [1.82, 2.24) is 9.71 Å². The minimum atomic E-state index is -3.84. The number of hydrogen-bond donors (Lipinski definition) is 3. The van der Waals surface area contributed by atoms with Crippen LogP contribution in [-0.4, -0.2) is 31.8 Å². The molecule has 0 spiro atoms. The molecule has 0 saturated carbocycles. The van der Waals surface area contributed by atoms with Gasteiger partial charge in [-0.1, -0.05) is 0 Å². The topological polar surface area (TPSA) is 117 Å². The summed E-state index contributed by atoms with van der Waals surface area (Å²) in [5.74, 6) is -0.435. The Labute approximate surface area is 145 Å². The van der Waals surface area contributed by atoms with E-state index in [4.69, 9.17) is 0 Å². The van der Waals surface area contributed by atoms with Gasteiger partial charge in [0.15, 0.2) is 0 Å². The second kappa shape index (κ2) is 7.86. The summed E-state index contributed by atoms with van der Waals surface area (Å²) in [6, 6.07) is 9.07. The van der Waals surface area contributed by atoms with Gasteiger partial charge < -0.3 is 10.6 Å². The SMILES string of the molecule is CC(=O)Nc1ccc(S(=O)(=O)NCC(=O)Nc2cc(C)ccn2)cc1. The Kier molecular flexibility index (Phi) is 5.84. The Balaban J connectivity index is 1.96. The third-order valence-corrected chi connectivity index (χ3v) is 4.51. The molecule has 8 nitrogen and oxygen atoms in total. The third-order valence-electron chi connectivity index (χ3n) is 3.09. The Morgan fingerprint density at radius 1 is 1.08 bits per heavy atom. The molecule has 132 valence electrons. The average Bonchev–Trinajstić information content (AvgIpc) is 2.53. The van der Waals surface area contributed by atoms with Crippen molar-refractivity contribution in [2.45, 2.75) is 18.7 Å². The first kappa shape index (κ1) is 18.6. The smallest absolute Gasteiger partial charge is 0.241 e. The number of rotatable bonds is 6. The molecule has 9 heteroatoms. The summed E-state index contributed by atoms with van der Waals surface area (Å²) in [7, 11) is -3.84. The first-order valence-corrected chi connectivity index (χ1v) is 8.84. The predicted octanol–water partition coefficient (Wildman–Crippen LogP) is 1.27. The number of anilines is 2. The van der Waals surface area contributed by atoms with E-state index < -0.39 is 22.5 Å². The highest BCUT2D eigenvalue weighted by Gasteiger charge is 2.15. The van der Waals surface area contributed by atoms with Crippen LogP contribution < -0.4 is 15.4 Å². The summed E-state index contributed by atoms with van der Waals surface area (Å²) in [6.45, 7) is 2.78. The van der Waals surface area contributed by atoms with Gasteiger partial charge in [0.25, 0.3) is 0 Å². The molecule has 1 aromatic carbocycles. The molecule has 2 rings (SSSR count). The van der Waals surface area contributed by atoms with E-state index >= 15 is 0 Å². The standard InChI is InChI=1S/C16H18N4O4S/c1-11-7-8-17-15(9-11)20-16(22)10-18-25(23,24)14-5-3-13(4-6-14)19-12(2)21/h3-9,18H,10H2,1-2H3,(H,19,21)(H,17,20,22). The van der Waals surface area contributed by atoms with Gasteiger partial charge in [0, 0.05) is 18.8 Å². The molecule has 0 saturated heterocycles. The molecule has 0 unspecified atom stereocenters. The first-order chi connectivity index (χ1) is 11.8. The van der Waals surface area contributed by atoms with Crippen molar-refractivity contribution in [1.29, 1.82) is 0 Å². The molecule has 2 aromatic rings. The van der Waals surface area contributed by atoms with Crippen molar-refractivity contribution in [3.63, 3.8) is 0 Å². The van der Waals surface area contributed by atoms with Crippen molar-refractivity contribution >= 4 is 33.3 Å². The van der Waals surface area contributed by atoms with E-state index in [1.54, 1.807) is 18.3 Å². The van der Waals surface area contributed by atoms with Crippen molar-refractivity contribution in [3.8, 4) is 0 Å². The molecule has 3 N–H and O–H groups in total. The average molecular weight is 362 g/mol. The van der Waals surface area contributed by atoms with Gasteiger partial charge >= 0.3 is 0 Å². The number of sulfonamides is 1. The molecule has 25 heavy (non-hydrogen) atoms. The second-order valence-corrected chi connectivity index (χ2v) is 7.06. The van der Waals surface area contributed by atoms with E-state index in [1.807, 2.05) is 6.92 Å². The first-order valence-electron chi connectivity index (χ1n) is 7.36. The molecule has 0 aliphatic rings. The van der Waals surface area contributed by atoms with Gasteiger partial charge in [0.05, 0.1) is 11.4 Å². The van der Waals surface area contributed by atoms with Gasteiger partial charge in [0.2, 0.25) is 21.8 Å². The molecular formula is C16H18N4O4S. The Bertz CT molecular complexity index is 879. The van der Waals surface area contributed by atoms with Crippen LogP contribution in [-0.2, 0) is 19.6 Å². The van der Waals surface area contributed by atoms with Gasteiger partial charge in [-0.2, -0.15) is 0 Å². The fourth-order valence-corrected chi connectivity index (χ4v) is 2.94. The highest BCUT2D eigenvalue weighted by molar-refractivity contribution is 7.89. The summed E-state index contributed by atoms with van der Waals surface area (Å²) in [5, 5.41) is 5.05. The number of carbonyl (C=O) groups excluding carboxylic acids is 2. The number of benzene rings is 1. The van der Waals surface area contributed by atoms with Gasteiger partial charge in [-0.05, 0) is 48.9 Å². The maximum atomic E-state index is 12.2. The largest absolute Gasteiger partial charge is 0.326 e. The monoisotopic (exact) mass is 362 g/mol. The fraction of sp³-hybridized carbons (Fsp3) is 0.188. The lowest BCUT2D eigenvalue weighted by Crippen LogP contribution is -2.33. The number of nitrogens with one attached hydrogen (secondary N) is 3. The molecule has 0 aliphatic heterocycles. The van der Waals surface area contributed by atoms with Gasteiger partial charge in [-0.15, -0.1) is 0 Å². The van der Waals surface area contributed by atoms with Crippen molar-refractivity contribution in [2.24, 2.45) is 0 Å². The van der Waals surface area contributed by atoms with Crippen LogP contribution >= 0.6 is 0 Å². The minimum absolute atomic E-state index is 0.0110. The van der Waals surface area contributed by atoms with Gasteiger partial charge in [-0.3, -0.25) is 9.59 Å². The Morgan fingerprint density at radius 3 is 2.36 bits per heavy atom. The normalized spacial score (nSPS) is 11.0. The Morgan fingerprint density at radius 2 is 1.76 bits per heavy atom. The molecule has 0 atom stereocenters.